The summed E-state index contributed by atoms with van der Waals surface area (Å²) in [5.74, 6) is 0.0994. The Morgan fingerprint density at radius 1 is 1.40 bits per heavy atom. The summed E-state index contributed by atoms with van der Waals surface area (Å²) < 4.78 is 0.179. The summed E-state index contributed by atoms with van der Waals surface area (Å²) in [6, 6.07) is 3.77. The number of hydrogen-bond acceptors (Lipinski definition) is 3. The van der Waals surface area contributed by atoms with Crippen molar-refractivity contribution in [3.8, 4) is 0 Å². The van der Waals surface area contributed by atoms with Gasteiger partial charge in [0, 0.05) is 22.3 Å². The second-order valence-corrected chi connectivity index (χ2v) is 6.27. The number of aromatic nitrogens is 1. The Hall–Kier alpha value is -0.830. The molecule has 15 heavy (non-hydrogen) atoms. The van der Waals surface area contributed by atoms with Crippen molar-refractivity contribution in [2.45, 2.75) is 43.8 Å². The van der Waals surface area contributed by atoms with Gasteiger partial charge in [-0.25, -0.2) is 0 Å². The molecular weight excluding hydrogens is 206 g/mol. The molecule has 1 heterocycles. The second-order valence-electron chi connectivity index (χ2n) is 4.37. The molecule has 0 fully saturated rings. The zero-order chi connectivity index (χ0) is 11.5. The third kappa shape index (κ3) is 4.04. The molecule has 0 bridgehead atoms. The van der Waals surface area contributed by atoms with Crippen LogP contribution in [0.5, 0.6) is 0 Å². The van der Waals surface area contributed by atoms with Gasteiger partial charge < -0.3 is 0 Å². The van der Waals surface area contributed by atoms with Gasteiger partial charge in [0.1, 0.15) is 5.69 Å². The van der Waals surface area contributed by atoms with Gasteiger partial charge in [0.05, 0.1) is 0 Å². The summed E-state index contributed by atoms with van der Waals surface area (Å²) in [6.07, 6.45) is 2.29. The predicted molar refractivity (Wildman–Crippen MR) is 64.5 cm³/mol. The highest BCUT2D eigenvalue weighted by atomic mass is 32.2. The van der Waals surface area contributed by atoms with Crippen molar-refractivity contribution in [2.75, 3.05) is 0 Å². The first kappa shape index (κ1) is 12.2. The fourth-order valence-electron chi connectivity index (χ4n) is 1.14. The standard InChI is InChI=1S/C12H17NOS/c1-5-11(14)10-7-6-9(8-13-10)15-12(2,3)4/h6-8H,5H2,1-4H3. The van der Waals surface area contributed by atoms with E-state index in [1.54, 1.807) is 24.0 Å². The molecule has 0 aliphatic rings. The minimum absolute atomic E-state index is 0.0994. The van der Waals surface area contributed by atoms with E-state index in [2.05, 4.69) is 25.8 Å². The van der Waals surface area contributed by atoms with E-state index in [-0.39, 0.29) is 10.5 Å². The molecule has 82 valence electrons. The molecule has 0 radical (unpaired) electrons. The molecule has 1 aromatic heterocycles. The van der Waals surface area contributed by atoms with Crippen LogP contribution < -0.4 is 0 Å². The number of rotatable bonds is 3. The zero-order valence-electron chi connectivity index (χ0n) is 9.70. The van der Waals surface area contributed by atoms with Gasteiger partial charge in [-0.3, -0.25) is 9.78 Å². The molecule has 0 aromatic carbocycles. The topological polar surface area (TPSA) is 30.0 Å². The Balaban J connectivity index is 2.77. The maximum absolute atomic E-state index is 11.3. The number of carbonyl (C=O) groups is 1. The van der Waals surface area contributed by atoms with Crippen LogP contribution in [0.1, 0.15) is 44.6 Å². The van der Waals surface area contributed by atoms with E-state index < -0.39 is 0 Å². The van der Waals surface area contributed by atoms with Crippen LogP contribution in [0.4, 0.5) is 0 Å². The van der Waals surface area contributed by atoms with Gasteiger partial charge in [-0.15, -0.1) is 11.8 Å². The Labute approximate surface area is 95.5 Å². The Kier molecular flexibility index (Phi) is 3.91. The fourth-order valence-corrected chi connectivity index (χ4v) is 2.09. The predicted octanol–water partition coefficient (Wildman–Crippen LogP) is 3.56. The minimum Gasteiger partial charge on any atom is -0.292 e. The molecule has 3 heteroatoms. The van der Waals surface area contributed by atoms with Gasteiger partial charge in [0.15, 0.2) is 5.78 Å². The molecule has 0 aliphatic carbocycles. The van der Waals surface area contributed by atoms with Crippen LogP contribution in [0.2, 0.25) is 0 Å². The number of thioether (sulfide) groups is 1. The number of Topliss-reactive ketones (excluding diaryl/α,β-unsaturated/α-hetero) is 1. The number of hydrogen-bond donors (Lipinski definition) is 0. The highest BCUT2D eigenvalue weighted by Crippen LogP contribution is 2.31. The first-order chi connectivity index (χ1) is 6.92. The summed E-state index contributed by atoms with van der Waals surface area (Å²) in [7, 11) is 0. The van der Waals surface area contributed by atoms with Crippen LogP contribution in [0.25, 0.3) is 0 Å². The van der Waals surface area contributed by atoms with Crippen molar-refractivity contribution >= 4 is 17.5 Å². The zero-order valence-corrected chi connectivity index (χ0v) is 10.5. The lowest BCUT2D eigenvalue weighted by Crippen LogP contribution is -2.07. The first-order valence-electron chi connectivity index (χ1n) is 5.10. The quantitative estimate of drug-likeness (QED) is 0.579. The molecule has 1 rings (SSSR count). The fraction of sp³-hybridized carbons (Fsp3) is 0.500. The van der Waals surface area contributed by atoms with Gasteiger partial charge in [-0.1, -0.05) is 27.7 Å². The number of pyridine rings is 1. The maximum atomic E-state index is 11.3. The third-order valence-corrected chi connectivity index (χ3v) is 2.86. The molecule has 0 amide bonds. The molecule has 1 aromatic rings. The second kappa shape index (κ2) is 4.79. The lowest BCUT2D eigenvalue weighted by molar-refractivity contribution is 0.0983. The van der Waals surface area contributed by atoms with Gasteiger partial charge >= 0.3 is 0 Å². The summed E-state index contributed by atoms with van der Waals surface area (Å²) in [6.45, 7) is 8.32. The summed E-state index contributed by atoms with van der Waals surface area (Å²) in [5, 5.41) is 0. The van der Waals surface area contributed by atoms with Crippen LogP contribution in [-0.4, -0.2) is 15.5 Å². The van der Waals surface area contributed by atoms with E-state index in [1.807, 2.05) is 13.0 Å². The van der Waals surface area contributed by atoms with Crippen LogP contribution in [0, 0.1) is 0 Å². The van der Waals surface area contributed by atoms with E-state index in [0.717, 1.165) is 4.90 Å². The molecular formula is C12H17NOS. The highest BCUT2D eigenvalue weighted by Gasteiger charge is 2.12. The molecule has 0 aliphatic heterocycles. The van der Waals surface area contributed by atoms with Crippen molar-refractivity contribution in [3.63, 3.8) is 0 Å². The molecule has 0 spiro atoms. The van der Waals surface area contributed by atoms with E-state index in [9.17, 15) is 4.79 Å². The summed E-state index contributed by atoms with van der Waals surface area (Å²) in [5.41, 5.74) is 0.566. The number of nitrogens with zero attached hydrogens (tertiary/aromatic N) is 1. The molecule has 0 N–H and O–H groups in total. The maximum Gasteiger partial charge on any atom is 0.180 e. The van der Waals surface area contributed by atoms with Crippen LogP contribution in [0.15, 0.2) is 23.2 Å². The minimum atomic E-state index is 0.0994. The molecule has 0 atom stereocenters. The van der Waals surface area contributed by atoms with Crippen molar-refractivity contribution in [1.29, 1.82) is 0 Å². The van der Waals surface area contributed by atoms with E-state index >= 15 is 0 Å². The summed E-state index contributed by atoms with van der Waals surface area (Å²) in [4.78, 5) is 16.6. The smallest absolute Gasteiger partial charge is 0.180 e. The largest absolute Gasteiger partial charge is 0.292 e. The molecule has 0 saturated carbocycles. The first-order valence-corrected chi connectivity index (χ1v) is 5.92. The van der Waals surface area contributed by atoms with Gasteiger partial charge in [-0.05, 0) is 12.1 Å². The lowest BCUT2D eigenvalue weighted by atomic mass is 10.2. The monoisotopic (exact) mass is 223 g/mol. The van der Waals surface area contributed by atoms with Gasteiger partial charge in [-0.2, -0.15) is 0 Å². The van der Waals surface area contributed by atoms with Gasteiger partial charge in [0.2, 0.25) is 0 Å². The van der Waals surface area contributed by atoms with Crippen molar-refractivity contribution < 1.29 is 4.79 Å². The van der Waals surface area contributed by atoms with Crippen molar-refractivity contribution in [1.82, 2.24) is 4.98 Å². The van der Waals surface area contributed by atoms with Crippen LogP contribution >= 0.6 is 11.8 Å². The van der Waals surface area contributed by atoms with Crippen molar-refractivity contribution in [3.05, 3.63) is 24.0 Å². The third-order valence-electron chi connectivity index (χ3n) is 1.77. The van der Waals surface area contributed by atoms with E-state index in [4.69, 9.17) is 0 Å². The average molecular weight is 223 g/mol. The molecule has 0 saturated heterocycles. The Morgan fingerprint density at radius 2 is 2.07 bits per heavy atom. The lowest BCUT2D eigenvalue weighted by Gasteiger charge is -2.17. The SMILES string of the molecule is CCC(=O)c1ccc(SC(C)(C)C)cn1. The van der Waals surface area contributed by atoms with Gasteiger partial charge in [0.25, 0.3) is 0 Å². The van der Waals surface area contributed by atoms with E-state index in [1.165, 1.54) is 0 Å². The number of carbonyl (C=O) groups excluding carboxylic acids is 1. The Bertz CT molecular complexity index is 338. The number of ketones is 1. The van der Waals surface area contributed by atoms with E-state index in [0.29, 0.717) is 12.1 Å². The summed E-state index contributed by atoms with van der Waals surface area (Å²) >= 11 is 1.75. The Morgan fingerprint density at radius 3 is 2.47 bits per heavy atom. The van der Waals surface area contributed by atoms with Crippen LogP contribution in [0.3, 0.4) is 0 Å². The molecule has 0 unspecified atom stereocenters. The van der Waals surface area contributed by atoms with Crippen molar-refractivity contribution in [2.24, 2.45) is 0 Å². The normalized spacial score (nSPS) is 11.5. The molecule has 2 nitrogen and oxygen atoms in total. The van der Waals surface area contributed by atoms with Crippen LogP contribution in [-0.2, 0) is 0 Å². The average Bonchev–Trinajstić information content (AvgIpc) is 2.15. The highest BCUT2D eigenvalue weighted by molar-refractivity contribution is 8.00.